The van der Waals surface area contributed by atoms with Crippen LogP contribution in [0.4, 0.5) is 5.69 Å². The summed E-state index contributed by atoms with van der Waals surface area (Å²) < 4.78 is 12.9. The fourth-order valence-electron chi connectivity index (χ4n) is 2.05. The standard InChI is InChI=1S/C18H17Br2NO2/c1-3-9-23-18-13(10-14(19)11-17(18)20)12-21-15-5-7-16(8-6-15)22-4-2/h1,5-8,10-11,21H,4,9,12H2,2H3. The van der Waals surface area contributed by atoms with E-state index in [0.717, 1.165) is 31.7 Å². The lowest BCUT2D eigenvalue weighted by molar-refractivity contribution is 0.340. The predicted octanol–water partition coefficient (Wildman–Crippen LogP) is 5.23. The van der Waals surface area contributed by atoms with E-state index in [0.29, 0.717) is 13.2 Å². The minimum Gasteiger partial charge on any atom is -0.494 e. The molecule has 5 heteroatoms. The molecule has 120 valence electrons. The molecule has 0 spiro atoms. The molecule has 0 radical (unpaired) electrons. The van der Waals surface area contributed by atoms with Crippen molar-refractivity contribution >= 4 is 37.5 Å². The van der Waals surface area contributed by atoms with Crippen molar-refractivity contribution in [2.45, 2.75) is 13.5 Å². The predicted molar refractivity (Wildman–Crippen MR) is 101 cm³/mol. The number of rotatable bonds is 7. The average molecular weight is 439 g/mol. The van der Waals surface area contributed by atoms with Crippen molar-refractivity contribution in [1.82, 2.24) is 0 Å². The lowest BCUT2D eigenvalue weighted by Gasteiger charge is -2.14. The van der Waals surface area contributed by atoms with E-state index in [1.54, 1.807) is 0 Å². The van der Waals surface area contributed by atoms with E-state index in [1.807, 2.05) is 43.3 Å². The van der Waals surface area contributed by atoms with Crippen LogP contribution in [0.25, 0.3) is 0 Å². The molecule has 0 aliphatic carbocycles. The molecule has 0 unspecified atom stereocenters. The number of nitrogens with one attached hydrogen (secondary N) is 1. The van der Waals surface area contributed by atoms with Crippen LogP contribution in [0.1, 0.15) is 12.5 Å². The van der Waals surface area contributed by atoms with Crippen molar-refractivity contribution in [3.63, 3.8) is 0 Å². The number of ether oxygens (including phenoxy) is 2. The Hall–Kier alpha value is -1.64. The minimum absolute atomic E-state index is 0.232. The molecule has 0 aliphatic rings. The van der Waals surface area contributed by atoms with Gasteiger partial charge in [0.15, 0.2) is 0 Å². The van der Waals surface area contributed by atoms with E-state index in [-0.39, 0.29) is 6.61 Å². The highest BCUT2D eigenvalue weighted by atomic mass is 79.9. The van der Waals surface area contributed by atoms with Crippen molar-refractivity contribution in [1.29, 1.82) is 0 Å². The molecule has 2 aromatic rings. The highest BCUT2D eigenvalue weighted by Gasteiger charge is 2.10. The van der Waals surface area contributed by atoms with Gasteiger partial charge in [-0.05, 0) is 59.3 Å². The Morgan fingerprint density at radius 3 is 2.52 bits per heavy atom. The second-order valence-corrected chi connectivity index (χ2v) is 6.45. The van der Waals surface area contributed by atoms with Crippen LogP contribution in [0.2, 0.25) is 0 Å². The van der Waals surface area contributed by atoms with Crippen LogP contribution in [0, 0.1) is 12.3 Å². The maximum absolute atomic E-state index is 5.65. The molecule has 2 rings (SSSR count). The monoisotopic (exact) mass is 437 g/mol. The smallest absolute Gasteiger partial charge is 0.148 e. The molecule has 0 saturated heterocycles. The molecule has 0 atom stereocenters. The number of anilines is 1. The van der Waals surface area contributed by atoms with Crippen molar-refractivity contribution in [3.8, 4) is 23.8 Å². The average Bonchev–Trinajstić information content (AvgIpc) is 2.53. The molecule has 1 N–H and O–H groups in total. The third-order valence-corrected chi connectivity index (χ3v) is 4.08. The van der Waals surface area contributed by atoms with Gasteiger partial charge in [-0.1, -0.05) is 21.9 Å². The fourth-order valence-corrected chi connectivity index (χ4v) is 3.48. The Bertz CT molecular complexity index is 693. The maximum atomic E-state index is 5.65. The van der Waals surface area contributed by atoms with E-state index < -0.39 is 0 Å². The molecular formula is C18H17Br2NO2. The van der Waals surface area contributed by atoms with Gasteiger partial charge in [-0.25, -0.2) is 0 Å². The number of hydrogen-bond donors (Lipinski definition) is 1. The van der Waals surface area contributed by atoms with Gasteiger partial charge in [0.25, 0.3) is 0 Å². The quantitative estimate of drug-likeness (QED) is 0.600. The van der Waals surface area contributed by atoms with Crippen molar-refractivity contribution < 1.29 is 9.47 Å². The summed E-state index contributed by atoms with van der Waals surface area (Å²) in [5, 5.41) is 3.37. The van der Waals surface area contributed by atoms with Gasteiger partial charge in [0.2, 0.25) is 0 Å². The maximum Gasteiger partial charge on any atom is 0.148 e. The van der Waals surface area contributed by atoms with E-state index in [4.69, 9.17) is 15.9 Å². The second kappa shape index (κ2) is 8.85. The molecule has 0 amide bonds. The summed E-state index contributed by atoms with van der Waals surface area (Å²) in [6.07, 6.45) is 5.28. The van der Waals surface area contributed by atoms with E-state index in [9.17, 15) is 0 Å². The van der Waals surface area contributed by atoms with Gasteiger partial charge in [-0.3, -0.25) is 0 Å². The topological polar surface area (TPSA) is 30.5 Å². The summed E-state index contributed by atoms with van der Waals surface area (Å²) in [5.74, 6) is 4.10. The number of hydrogen-bond acceptors (Lipinski definition) is 3. The molecule has 2 aromatic carbocycles. The summed E-state index contributed by atoms with van der Waals surface area (Å²) in [6.45, 7) is 3.48. The third-order valence-electron chi connectivity index (χ3n) is 3.03. The van der Waals surface area contributed by atoms with Gasteiger partial charge in [0, 0.05) is 22.3 Å². The Labute approximate surface area is 153 Å². The van der Waals surface area contributed by atoms with Crippen LogP contribution in [0.3, 0.4) is 0 Å². The Morgan fingerprint density at radius 2 is 1.87 bits per heavy atom. The molecule has 0 aromatic heterocycles. The fraction of sp³-hybridized carbons (Fsp3) is 0.222. The van der Waals surface area contributed by atoms with Gasteiger partial charge >= 0.3 is 0 Å². The van der Waals surface area contributed by atoms with Crippen LogP contribution >= 0.6 is 31.9 Å². The summed E-state index contributed by atoms with van der Waals surface area (Å²) in [6, 6.07) is 11.8. The zero-order chi connectivity index (χ0) is 16.7. The van der Waals surface area contributed by atoms with Crippen molar-refractivity contribution in [2.24, 2.45) is 0 Å². The van der Waals surface area contributed by atoms with E-state index >= 15 is 0 Å². The minimum atomic E-state index is 0.232. The van der Waals surface area contributed by atoms with Crippen LogP contribution in [-0.2, 0) is 6.54 Å². The molecule has 23 heavy (non-hydrogen) atoms. The van der Waals surface area contributed by atoms with E-state index in [1.165, 1.54) is 0 Å². The largest absolute Gasteiger partial charge is 0.494 e. The first kappa shape index (κ1) is 17.7. The Balaban J connectivity index is 2.11. The molecule has 0 saturated carbocycles. The van der Waals surface area contributed by atoms with Gasteiger partial charge < -0.3 is 14.8 Å². The SMILES string of the molecule is C#CCOc1c(Br)cc(Br)cc1CNc1ccc(OCC)cc1. The number of halogens is 2. The third kappa shape index (κ3) is 5.19. The summed E-state index contributed by atoms with van der Waals surface area (Å²) in [4.78, 5) is 0. The van der Waals surface area contributed by atoms with Crippen molar-refractivity contribution in [3.05, 3.63) is 50.9 Å². The van der Waals surface area contributed by atoms with Gasteiger partial charge in [-0.15, -0.1) is 6.42 Å². The zero-order valence-corrected chi connectivity index (χ0v) is 15.9. The summed E-state index contributed by atoms with van der Waals surface area (Å²) in [5.41, 5.74) is 2.02. The lowest BCUT2D eigenvalue weighted by atomic mass is 10.2. The number of terminal acetylenes is 1. The van der Waals surface area contributed by atoms with Crippen molar-refractivity contribution in [2.75, 3.05) is 18.5 Å². The summed E-state index contributed by atoms with van der Waals surface area (Å²) in [7, 11) is 0. The van der Waals surface area contributed by atoms with Crippen LogP contribution in [0.15, 0.2) is 45.3 Å². The second-order valence-electron chi connectivity index (χ2n) is 4.68. The Kier molecular flexibility index (Phi) is 6.82. The Morgan fingerprint density at radius 1 is 1.13 bits per heavy atom. The molecule has 0 aliphatic heterocycles. The number of benzene rings is 2. The molecule has 0 fully saturated rings. The summed E-state index contributed by atoms with van der Waals surface area (Å²) >= 11 is 7.01. The van der Waals surface area contributed by atoms with Gasteiger partial charge in [0.1, 0.15) is 18.1 Å². The van der Waals surface area contributed by atoms with Gasteiger partial charge in [0.05, 0.1) is 11.1 Å². The van der Waals surface area contributed by atoms with Gasteiger partial charge in [-0.2, -0.15) is 0 Å². The van der Waals surface area contributed by atoms with E-state index in [2.05, 4.69) is 43.1 Å². The van der Waals surface area contributed by atoms with Crippen LogP contribution in [0.5, 0.6) is 11.5 Å². The highest BCUT2D eigenvalue weighted by Crippen LogP contribution is 2.33. The van der Waals surface area contributed by atoms with Crippen LogP contribution < -0.4 is 14.8 Å². The zero-order valence-electron chi connectivity index (χ0n) is 12.7. The highest BCUT2D eigenvalue weighted by molar-refractivity contribution is 9.11. The first-order valence-electron chi connectivity index (χ1n) is 7.15. The molecular weight excluding hydrogens is 422 g/mol. The first-order chi connectivity index (χ1) is 11.1. The first-order valence-corrected chi connectivity index (χ1v) is 8.73. The lowest BCUT2D eigenvalue weighted by Crippen LogP contribution is -2.04. The molecule has 3 nitrogen and oxygen atoms in total. The van der Waals surface area contributed by atoms with Crippen LogP contribution in [-0.4, -0.2) is 13.2 Å². The molecule has 0 heterocycles. The normalized spacial score (nSPS) is 10.0. The molecule has 0 bridgehead atoms.